The quantitative estimate of drug-likeness (QED) is 0.604. The fourth-order valence-corrected chi connectivity index (χ4v) is 3.34. The summed E-state index contributed by atoms with van der Waals surface area (Å²) in [6.45, 7) is 6.00. The van der Waals surface area contributed by atoms with Gasteiger partial charge < -0.3 is 14.2 Å². The van der Waals surface area contributed by atoms with Crippen LogP contribution in [0, 0.1) is 6.92 Å². The van der Waals surface area contributed by atoms with Gasteiger partial charge in [-0.1, -0.05) is 17.7 Å². The molecule has 6 nitrogen and oxygen atoms in total. The molecular weight excluding hydrogens is 308 g/mol. The molecule has 22 heavy (non-hydrogen) atoms. The number of epoxide rings is 1. The molecule has 7 heteroatoms. The first-order chi connectivity index (χ1) is 10.3. The van der Waals surface area contributed by atoms with Gasteiger partial charge in [-0.15, -0.1) is 0 Å². The van der Waals surface area contributed by atoms with E-state index >= 15 is 0 Å². The van der Waals surface area contributed by atoms with Gasteiger partial charge in [0.2, 0.25) is 0 Å². The third-order valence-corrected chi connectivity index (χ3v) is 5.01. The van der Waals surface area contributed by atoms with E-state index in [-0.39, 0.29) is 29.8 Å². The highest BCUT2D eigenvalue weighted by Gasteiger charge is 2.51. The Morgan fingerprint density at radius 1 is 1.27 bits per heavy atom. The van der Waals surface area contributed by atoms with Crippen LogP contribution in [0.3, 0.4) is 0 Å². The van der Waals surface area contributed by atoms with Gasteiger partial charge in [0.1, 0.15) is 18.3 Å². The van der Waals surface area contributed by atoms with Crippen LogP contribution in [0.15, 0.2) is 29.2 Å². The van der Waals surface area contributed by atoms with Gasteiger partial charge >= 0.3 is 0 Å². The highest BCUT2D eigenvalue weighted by molar-refractivity contribution is 7.86. The van der Waals surface area contributed by atoms with E-state index < -0.39 is 15.9 Å². The molecule has 3 rings (SSSR count). The minimum absolute atomic E-state index is 0.0127. The molecule has 0 radical (unpaired) electrons. The predicted octanol–water partition coefficient (Wildman–Crippen LogP) is 1.62. The summed E-state index contributed by atoms with van der Waals surface area (Å²) in [6, 6.07) is 6.54. The third kappa shape index (κ3) is 3.49. The van der Waals surface area contributed by atoms with Gasteiger partial charge in [0, 0.05) is 0 Å². The van der Waals surface area contributed by atoms with Crippen molar-refractivity contribution in [2.24, 2.45) is 0 Å². The number of aryl methyl sites for hydroxylation is 1. The molecule has 0 spiro atoms. The van der Waals surface area contributed by atoms with Crippen molar-refractivity contribution >= 4 is 10.1 Å². The lowest BCUT2D eigenvalue weighted by molar-refractivity contribution is -0.140. The summed E-state index contributed by atoms with van der Waals surface area (Å²) in [5.74, 6) is -0.615. The molecule has 2 heterocycles. The van der Waals surface area contributed by atoms with E-state index in [1.165, 1.54) is 12.1 Å². The first kappa shape index (κ1) is 15.9. The van der Waals surface area contributed by atoms with E-state index in [1.54, 1.807) is 12.1 Å². The molecule has 0 N–H and O–H groups in total. The minimum Gasteiger partial charge on any atom is -0.364 e. The Labute approximate surface area is 130 Å². The Hall–Kier alpha value is -0.990. The second-order valence-electron chi connectivity index (χ2n) is 6.06. The predicted molar refractivity (Wildman–Crippen MR) is 77.9 cm³/mol. The van der Waals surface area contributed by atoms with E-state index in [0.717, 1.165) is 5.56 Å². The van der Waals surface area contributed by atoms with E-state index in [2.05, 4.69) is 0 Å². The van der Waals surface area contributed by atoms with Crippen LogP contribution in [0.2, 0.25) is 0 Å². The Morgan fingerprint density at radius 2 is 1.95 bits per heavy atom. The molecule has 0 aromatic heterocycles. The van der Waals surface area contributed by atoms with Crippen molar-refractivity contribution in [1.82, 2.24) is 0 Å². The van der Waals surface area contributed by atoms with E-state index in [9.17, 15) is 8.42 Å². The molecule has 2 saturated heterocycles. The van der Waals surface area contributed by atoms with Gasteiger partial charge in [0.25, 0.3) is 10.1 Å². The molecule has 0 bridgehead atoms. The summed E-state index contributed by atoms with van der Waals surface area (Å²) in [4.78, 5) is 0.150. The highest BCUT2D eigenvalue weighted by Crippen LogP contribution is 2.35. The van der Waals surface area contributed by atoms with Gasteiger partial charge in [-0.25, -0.2) is 0 Å². The van der Waals surface area contributed by atoms with Crippen LogP contribution in [-0.2, 0) is 28.5 Å². The van der Waals surface area contributed by atoms with Gasteiger partial charge in [-0.2, -0.15) is 8.42 Å². The minimum atomic E-state index is -3.75. The van der Waals surface area contributed by atoms with Crippen molar-refractivity contribution in [2.75, 3.05) is 13.2 Å². The first-order valence-electron chi connectivity index (χ1n) is 7.20. The second kappa shape index (κ2) is 5.58. The average Bonchev–Trinajstić information content (AvgIpc) is 3.13. The average molecular weight is 328 g/mol. The number of hydrogen-bond donors (Lipinski definition) is 0. The van der Waals surface area contributed by atoms with Crippen molar-refractivity contribution in [3.05, 3.63) is 29.8 Å². The molecule has 0 aliphatic carbocycles. The largest absolute Gasteiger partial charge is 0.364 e. The molecule has 0 amide bonds. The van der Waals surface area contributed by atoms with Gasteiger partial charge in [-0.05, 0) is 32.9 Å². The third-order valence-electron chi connectivity index (χ3n) is 3.72. The summed E-state index contributed by atoms with van der Waals surface area (Å²) in [6.07, 6.45) is -0.622. The zero-order chi connectivity index (χ0) is 16.0. The molecular formula is C15H20O6S. The van der Waals surface area contributed by atoms with E-state index in [0.29, 0.717) is 6.61 Å². The number of benzene rings is 1. The molecule has 0 saturated carbocycles. The van der Waals surface area contributed by atoms with Crippen LogP contribution in [0.4, 0.5) is 0 Å². The standard InChI is InChI=1S/C15H20O6S/c1-10-4-6-11(7-5-10)22(16,17)19-9-12-14(20-12)13-8-18-15(2,3)21-13/h4-7,12-14H,8-9H2,1-3H3/t12-,13+,14-/m0/s1. The molecule has 2 aliphatic heterocycles. The molecule has 1 aromatic rings. The van der Waals surface area contributed by atoms with Crippen LogP contribution < -0.4 is 0 Å². The molecule has 3 atom stereocenters. The van der Waals surface area contributed by atoms with Crippen molar-refractivity contribution in [3.8, 4) is 0 Å². The molecule has 2 fully saturated rings. The monoisotopic (exact) mass is 328 g/mol. The number of ether oxygens (including phenoxy) is 3. The first-order valence-corrected chi connectivity index (χ1v) is 8.61. The molecule has 2 aliphatic rings. The van der Waals surface area contributed by atoms with Crippen LogP contribution in [0.25, 0.3) is 0 Å². The van der Waals surface area contributed by atoms with Crippen LogP contribution in [-0.4, -0.2) is 45.7 Å². The topological polar surface area (TPSA) is 74.4 Å². The summed E-state index contributed by atoms with van der Waals surface area (Å²) in [5, 5.41) is 0. The van der Waals surface area contributed by atoms with Gasteiger partial charge in [0.15, 0.2) is 5.79 Å². The van der Waals surface area contributed by atoms with Crippen molar-refractivity contribution in [1.29, 1.82) is 0 Å². The summed E-state index contributed by atoms with van der Waals surface area (Å²) >= 11 is 0. The lowest BCUT2D eigenvalue weighted by atomic mass is 10.2. The Morgan fingerprint density at radius 3 is 2.55 bits per heavy atom. The van der Waals surface area contributed by atoms with Gasteiger partial charge in [0.05, 0.1) is 18.1 Å². The van der Waals surface area contributed by atoms with Crippen LogP contribution in [0.5, 0.6) is 0 Å². The van der Waals surface area contributed by atoms with Crippen LogP contribution >= 0.6 is 0 Å². The van der Waals surface area contributed by atoms with Crippen LogP contribution in [0.1, 0.15) is 19.4 Å². The SMILES string of the molecule is Cc1ccc(S(=O)(=O)OC[C@@H]2O[C@@H]2[C@H]2COC(C)(C)O2)cc1. The summed E-state index contributed by atoms with van der Waals surface area (Å²) in [5.41, 5.74) is 0.991. The van der Waals surface area contributed by atoms with Crippen molar-refractivity contribution in [2.45, 2.75) is 49.8 Å². The zero-order valence-electron chi connectivity index (χ0n) is 12.8. The molecule has 0 unspecified atom stereocenters. The number of hydrogen-bond acceptors (Lipinski definition) is 6. The zero-order valence-corrected chi connectivity index (χ0v) is 13.6. The van der Waals surface area contributed by atoms with E-state index in [4.69, 9.17) is 18.4 Å². The maximum absolute atomic E-state index is 12.1. The Balaban J connectivity index is 1.52. The molecule has 1 aromatic carbocycles. The van der Waals surface area contributed by atoms with Crippen molar-refractivity contribution in [3.63, 3.8) is 0 Å². The van der Waals surface area contributed by atoms with Gasteiger partial charge in [-0.3, -0.25) is 4.18 Å². The Kier molecular flexibility index (Phi) is 4.03. The highest BCUT2D eigenvalue weighted by atomic mass is 32.2. The smallest absolute Gasteiger partial charge is 0.297 e. The normalized spacial score (nSPS) is 30.4. The Bertz CT molecular complexity index is 637. The lowest BCUT2D eigenvalue weighted by Gasteiger charge is -2.16. The summed E-state index contributed by atoms with van der Waals surface area (Å²) < 4.78 is 45.8. The summed E-state index contributed by atoms with van der Waals surface area (Å²) in [7, 11) is -3.75. The fraction of sp³-hybridized carbons (Fsp3) is 0.600. The maximum atomic E-state index is 12.1. The lowest BCUT2D eigenvalue weighted by Crippen LogP contribution is -2.26. The fourth-order valence-electron chi connectivity index (χ4n) is 2.42. The maximum Gasteiger partial charge on any atom is 0.297 e. The molecule has 122 valence electrons. The van der Waals surface area contributed by atoms with E-state index in [1.807, 2.05) is 20.8 Å². The van der Waals surface area contributed by atoms with Crippen molar-refractivity contribution < 1.29 is 26.8 Å². The number of rotatable bonds is 5. The second-order valence-corrected chi connectivity index (χ2v) is 7.67.